The Morgan fingerprint density at radius 3 is 1.13 bits per heavy atom. The Hall–Kier alpha value is -3.67. The van der Waals surface area contributed by atoms with Gasteiger partial charge in [0, 0.05) is 19.3 Å². The summed E-state index contributed by atoms with van der Waals surface area (Å²) < 4.78 is 16.5. The summed E-state index contributed by atoms with van der Waals surface area (Å²) in [6, 6.07) is 0. The van der Waals surface area contributed by atoms with E-state index in [1.807, 2.05) is 0 Å². The summed E-state index contributed by atoms with van der Waals surface area (Å²) in [6.45, 7) is 6.23. The van der Waals surface area contributed by atoms with Gasteiger partial charge in [0.2, 0.25) is 0 Å². The Morgan fingerprint density at radius 2 is 0.722 bits per heavy atom. The molecule has 1 unspecified atom stereocenters. The molecule has 0 N–H and O–H groups in total. The van der Waals surface area contributed by atoms with Gasteiger partial charge >= 0.3 is 17.9 Å². The van der Waals surface area contributed by atoms with Crippen LogP contribution in [0.25, 0.3) is 0 Å². The number of hydrogen-bond acceptors (Lipinski definition) is 6. The zero-order valence-electron chi connectivity index (χ0n) is 34.4. The number of allylic oxidation sites excluding steroid dienone is 16. The largest absolute Gasteiger partial charge is 0.462 e. The molecule has 0 bridgehead atoms. The van der Waals surface area contributed by atoms with Gasteiger partial charge in [0.15, 0.2) is 6.10 Å². The Bertz CT molecular complexity index is 1140. The van der Waals surface area contributed by atoms with Crippen LogP contribution in [-0.4, -0.2) is 37.2 Å². The molecule has 0 heterocycles. The summed E-state index contributed by atoms with van der Waals surface area (Å²) in [4.78, 5) is 37.5. The van der Waals surface area contributed by atoms with Crippen LogP contribution in [-0.2, 0) is 28.6 Å². The van der Waals surface area contributed by atoms with Gasteiger partial charge < -0.3 is 14.2 Å². The van der Waals surface area contributed by atoms with Crippen LogP contribution < -0.4 is 0 Å². The van der Waals surface area contributed by atoms with Crippen LogP contribution in [0.15, 0.2) is 97.2 Å². The normalized spacial score (nSPS) is 13.0. The van der Waals surface area contributed by atoms with Gasteiger partial charge in [-0.3, -0.25) is 14.4 Å². The molecule has 1 atom stereocenters. The van der Waals surface area contributed by atoms with Crippen molar-refractivity contribution in [2.75, 3.05) is 13.2 Å². The van der Waals surface area contributed by atoms with Gasteiger partial charge in [-0.1, -0.05) is 150 Å². The molecule has 0 aromatic rings. The van der Waals surface area contributed by atoms with Crippen molar-refractivity contribution in [1.29, 1.82) is 0 Å². The molecule has 54 heavy (non-hydrogen) atoms. The van der Waals surface area contributed by atoms with Crippen molar-refractivity contribution < 1.29 is 28.6 Å². The highest BCUT2D eigenvalue weighted by atomic mass is 16.6. The number of rotatable bonds is 36. The topological polar surface area (TPSA) is 78.9 Å². The van der Waals surface area contributed by atoms with Crippen molar-refractivity contribution in [2.45, 2.75) is 175 Å². The van der Waals surface area contributed by atoms with Crippen LogP contribution in [0.3, 0.4) is 0 Å². The Balaban J connectivity index is 4.47. The van der Waals surface area contributed by atoms with E-state index in [1.54, 1.807) is 0 Å². The maximum absolute atomic E-state index is 12.6. The van der Waals surface area contributed by atoms with Gasteiger partial charge in [0.25, 0.3) is 0 Å². The van der Waals surface area contributed by atoms with Crippen LogP contribution in [0, 0.1) is 0 Å². The smallest absolute Gasteiger partial charge is 0.306 e. The first-order valence-electron chi connectivity index (χ1n) is 21.2. The number of ether oxygens (including phenoxy) is 3. The van der Waals surface area contributed by atoms with E-state index >= 15 is 0 Å². The van der Waals surface area contributed by atoms with E-state index in [2.05, 4.69) is 118 Å². The highest BCUT2D eigenvalue weighted by Gasteiger charge is 2.19. The molecule has 0 spiro atoms. The highest BCUT2D eigenvalue weighted by Crippen LogP contribution is 2.10. The quantitative estimate of drug-likeness (QED) is 0.0275. The minimum absolute atomic E-state index is 0.110. The third-order valence-corrected chi connectivity index (χ3v) is 8.33. The van der Waals surface area contributed by atoms with Crippen LogP contribution in [0.2, 0.25) is 0 Å². The molecular formula is C48H76O6. The summed E-state index contributed by atoms with van der Waals surface area (Å²) in [7, 11) is 0. The van der Waals surface area contributed by atoms with Crippen molar-refractivity contribution in [2.24, 2.45) is 0 Å². The molecule has 304 valence electrons. The van der Waals surface area contributed by atoms with Crippen LogP contribution >= 0.6 is 0 Å². The van der Waals surface area contributed by atoms with Crippen LogP contribution in [0.4, 0.5) is 0 Å². The van der Waals surface area contributed by atoms with E-state index in [9.17, 15) is 14.4 Å². The second kappa shape index (κ2) is 42.1. The van der Waals surface area contributed by atoms with Crippen molar-refractivity contribution in [3.05, 3.63) is 97.2 Å². The summed E-state index contributed by atoms with van der Waals surface area (Å²) >= 11 is 0. The second-order valence-electron chi connectivity index (χ2n) is 13.5. The van der Waals surface area contributed by atoms with E-state index in [0.717, 1.165) is 96.3 Å². The maximum Gasteiger partial charge on any atom is 0.306 e. The first kappa shape index (κ1) is 50.3. The number of carbonyl (C=O) groups is 3. The fraction of sp³-hybridized carbons (Fsp3) is 0.604. The van der Waals surface area contributed by atoms with Gasteiger partial charge in [-0.05, 0) is 96.3 Å². The minimum atomic E-state index is -0.811. The van der Waals surface area contributed by atoms with E-state index in [-0.39, 0.29) is 37.5 Å². The summed E-state index contributed by atoms with van der Waals surface area (Å²) in [5.41, 5.74) is 0. The molecule has 0 aromatic heterocycles. The predicted octanol–water partition coefficient (Wildman–Crippen LogP) is 13.5. The average molecular weight is 749 g/mol. The first-order chi connectivity index (χ1) is 26.5. The molecule has 0 radical (unpaired) electrons. The lowest BCUT2D eigenvalue weighted by Crippen LogP contribution is -2.30. The summed E-state index contributed by atoms with van der Waals surface area (Å²) in [5.74, 6) is -1.02. The molecule has 0 aliphatic rings. The lowest BCUT2D eigenvalue weighted by molar-refractivity contribution is -0.167. The van der Waals surface area contributed by atoms with Gasteiger partial charge in [-0.25, -0.2) is 0 Å². The molecule has 0 aliphatic heterocycles. The first-order valence-corrected chi connectivity index (χ1v) is 21.2. The van der Waals surface area contributed by atoms with E-state index < -0.39 is 6.10 Å². The van der Waals surface area contributed by atoms with Crippen molar-refractivity contribution >= 4 is 17.9 Å². The van der Waals surface area contributed by atoms with Gasteiger partial charge in [0.1, 0.15) is 13.2 Å². The van der Waals surface area contributed by atoms with Gasteiger partial charge in [0.05, 0.1) is 0 Å². The van der Waals surface area contributed by atoms with E-state index in [1.165, 1.54) is 19.3 Å². The monoisotopic (exact) mass is 749 g/mol. The standard InChI is InChI=1S/C48H76O6/c1-4-7-10-13-16-18-20-22-24-26-28-30-32-35-38-41-47(50)53-44-45(43-52-46(49)40-37-34-15-12-9-6-3)54-48(51)42-39-36-33-31-29-27-25-23-21-19-17-14-11-8-5-2/h7-8,10-11,16-19,22-25,28-31,45H,4-6,9,12-15,20-21,26-27,32-44H2,1-3H3/b10-7-,11-8-,18-16-,19-17-,24-22-,25-23-,30-28-,31-29-. The molecule has 6 nitrogen and oxygen atoms in total. The second-order valence-corrected chi connectivity index (χ2v) is 13.5. The maximum atomic E-state index is 12.6. The Labute approximate surface area is 330 Å². The summed E-state index contributed by atoms with van der Waals surface area (Å²) in [5, 5.41) is 0. The SMILES string of the molecule is CC/C=C\C/C=C\C/C=C\C/C=C\CCCCC(=O)OCC(COC(=O)CCCCCCCC)OC(=O)CCCC/C=C\C/C=C\C/C=C\C/C=C\CC. The zero-order chi connectivity index (χ0) is 39.4. The van der Waals surface area contributed by atoms with Crippen molar-refractivity contribution in [3.63, 3.8) is 0 Å². The number of hydrogen-bond donors (Lipinski definition) is 0. The van der Waals surface area contributed by atoms with E-state index in [4.69, 9.17) is 14.2 Å². The third kappa shape index (κ3) is 39.5. The number of esters is 3. The lowest BCUT2D eigenvalue weighted by atomic mass is 10.1. The molecular weight excluding hydrogens is 673 g/mol. The lowest BCUT2D eigenvalue weighted by Gasteiger charge is -2.18. The van der Waals surface area contributed by atoms with Crippen LogP contribution in [0.5, 0.6) is 0 Å². The molecule has 0 aliphatic carbocycles. The summed E-state index contributed by atoms with van der Waals surface area (Å²) in [6.07, 6.45) is 54.1. The average Bonchev–Trinajstić information content (AvgIpc) is 3.17. The Kier molecular flexibility index (Phi) is 39.2. The molecule has 0 amide bonds. The highest BCUT2D eigenvalue weighted by molar-refractivity contribution is 5.71. The fourth-order valence-corrected chi connectivity index (χ4v) is 5.18. The molecule has 0 saturated heterocycles. The fourth-order valence-electron chi connectivity index (χ4n) is 5.18. The van der Waals surface area contributed by atoms with E-state index in [0.29, 0.717) is 25.7 Å². The van der Waals surface area contributed by atoms with Gasteiger partial charge in [-0.15, -0.1) is 0 Å². The van der Waals surface area contributed by atoms with Crippen molar-refractivity contribution in [1.82, 2.24) is 0 Å². The number of unbranched alkanes of at least 4 members (excludes halogenated alkanes) is 9. The zero-order valence-corrected chi connectivity index (χ0v) is 34.4. The Morgan fingerprint density at radius 1 is 0.389 bits per heavy atom. The van der Waals surface area contributed by atoms with Crippen molar-refractivity contribution in [3.8, 4) is 0 Å². The molecule has 0 saturated carbocycles. The van der Waals surface area contributed by atoms with Gasteiger partial charge in [-0.2, -0.15) is 0 Å². The predicted molar refractivity (Wildman–Crippen MR) is 228 cm³/mol. The molecule has 0 fully saturated rings. The molecule has 0 aromatic carbocycles. The number of carbonyl (C=O) groups excluding carboxylic acids is 3. The molecule has 6 heteroatoms. The molecule has 0 rings (SSSR count). The van der Waals surface area contributed by atoms with Crippen LogP contribution in [0.1, 0.15) is 168 Å². The third-order valence-electron chi connectivity index (χ3n) is 8.33. The minimum Gasteiger partial charge on any atom is -0.462 e.